The van der Waals surface area contributed by atoms with E-state index in [1.807, 2.05) is 0 Å². The highest BCUT2D eigenvalue weighted by atomic mass is 16.5. The Labute approximate surface area is 100 Å². The lowest BCUT2D eigenvalue weighted by molar-refractivity contribution is -0.139. The van der Waals surface area contributed by atoms with Crippen LogP contribution in [0.25, 0.3) is 0 Å². The number of amides is 2. The van der Waals surface area contributed by atoms with Crippen LogP contribution in [0.4, 0.5) is 0 Å². The molecule has 3 N–H and O–H groups in total. The molecule has 1 heterocycles. The fourth-order valence-corrected chi connectivity index (χ4v) is 1.82. The van der Waals surface area contributed by atoms with Gasteiger partial charge < -0.3 is 20.7 Å². The molecule has 96 valence electrons. The molecule has 0 spiro atoms. The molecular weight excluding hydrogens is 222 g/mol. The molecule has 0 aromatic heterocycles. The van der Waals surface area contributed by atoms with E-state index in [9.17, 15) is 9.59 Å². The average Bonchev–Trinajstić information content (AvgIpc) is 3.09. The molecule has 17 heavy (non-hydrogen) atoms. The van der Waals surface area contributed by atoms with Crippen LogP contribution in [-0.4, -0.2) is 54.6 Å². The summed E-state index contributed by atoms with van der Waals surface area (Å²) in [7, 11) is 0. The van der Waals surface area contributed by atoms with E-state index in [1.165, 1.54) is 0 Å². The van der Waals surface area contributed by atoms with Gasteiger partial charge in [-0.25, -0.2) is 0 Å². The lowest BCUT2D eigenvalue weighted by Gasteiger charge is -2.29. The van der Waals surface area contributed by atoms with Gasteiger partial charge in [0.1, 0.15) is 6.04 Å². The van der Waals surface area contributed by atoms with Gasteiger partial charge in [-0.1, -0.05) is 0 Å². The first-order valence-electron chi connectivity index (χ1n) is 5.99. The van der Waals surface area contributed by atoms with Crippen LogP contribution in [0, 0.1) is 0 Å². The summed E-state index contributed by atoms with van der Waals surface area (Å²) >= 11 is 0. The first-order valence-corrected chi connectivity index (χ1v) is 5.99. The molecule has 0 aromatic carbocycles. The number of ether oxygens (including phenoxy) is 1. The summed E-state index contributed by atoms with van der Waals surface area (Å²) in [6.45, 7) is 4.00. The van der Waals surface area contributed by atoms with E-state index < -0.39 is 11.6 Å². The van der Waals surface area contributed by atoms with E-state index >= 15 is 0 Å². The Morgan fingerprint density at radius 3 is 2.47 bits per heavy atom. The summed E-state index contributed by atoms with van der Waals surface area (Å²) in [5, 5.41) is 2.68. The second-order valence-corrected chi connectivity index (χ2v) is 4.79. The summed E-state index contributed by atoms with van der Waals surface area (Å²) in [6.07, 6.45) is 1.41. The summed E-state index contributed by atoms with van der Waals surface area (Å²) in [5.41, 5.74) is 5.04. The molecule has 2 rings (SSSR count). The summed E-state index contributed by atoms with van der Waals surface area (Å²) in [6, 6.07) is -0.512. The number of morpholine rings is 1. The van der Waals surface area contributed by atoms with Crippen molar-refractivity contribution in [1.29, 1.82) is 0 Å². The summed E-state index contributed by atoms with van der Waals surface area (Å²) in [5.74, 6) is -0.280. The van der Waals surface area contributed by atoms with Crippen LogP contribution in [0.3, 0.4) is 0 Å². The lowest BCUT2D eigenvalue weighted by Crippen LogP contribution is -2.54. The largest absolute Gasteiger partial charge is 0.378 e. The monoisotopic (exact) mass is 241 g/mol. The molecule has 1 unspecified atom stereocenters. The first kappa shape index (κ1) is 12.3. The minimum atomic E-state index is -0.723. The highest BCUT2D eigenvalue weighted by Gasteiger charge is 2.46. The number of carbonyl (C=O) groups excluding carboxylic acids is 2. The minimum Gasteiger partial charge on any atom is -0.378 e. The van der Waals surface area contributed by atoms with E-state index in [2.05, 4.69) is 5.32 Å². The second kappa shape index (κ2) is 4.62. The van der Waals surface area contributed by atoms with E-state index in [0.29, 0.717) is 39.1 Å². The SMILES string of the molecule is CC(NC(=O)C1(N)CC1)C(=O)N1CCOCC1. The zero-order valence-electron chi connectivity index (χ0n) is 10.1. The number of hydrogen-bond acceptors (Lipinski definition) is 4. The van der Waals surface area contributed by atoms with Crippen LogP contribution in [0.1, 0.15) is 19.8 Å². The van der Waals surface area contributed by atoms with Gasteiger partial charge in [-0.05, 0) is 19.8 Å². The topological polar surface area (TPSA) is 84.7 Å². The van der Waals surface area contributed by atoms with Crippen molar-refractivity contribution in [2.45, 2.75) is 31.3 Å². The van der Waals surface area contributed by atoms with Crippen molar-refractivity contribution in [2.75, 3.05) is 26.3 Å². The molecule has 1 atom stereocenters. The van der Waals surface area contributed by atoms with E-state index in [1.54, 1.807) is 11.8 Å². The standard InChI is InChI=1S/C11H19N3O3/c1-8(13-10(16)11(12)2-3-11)9(15)14-4-6-17-7-5-14/h8H,2-7,12H2,1H3,(H,13,16). The molecule has 2 aliphatic rings. The Morgan fingerprint density at radius 1 is 1.35 bits per heavy atom. The van der Waals surface area contributed by atoms with Crippen molar-refractivity contribution in [2.24, 2.45) is 5.73 Å². The van der Waals surface area contributed by atoms with E-state index in [4.69, 9.17) is 10.5 Å². The first-order chi connectivity index (χ1) is 8.03. The van der Waals surface area contributed by atoms with Crippen LogP contribution in [-0.2, 0) is 14.3 Å². The Morgan fingerprint density at radius 2 is 1.94 bits per heavy atom. The fraction of sp³-hybridized carbons (Fsp3) is 0.818. The number of hydrogen-bond donors (Lipinski definition) is 2. The Hall–Kier alpha value is -1.14. The molecule has 1 saturated carbocycles. The van der Waals surface area contributed by atoms with Crippen molar-refractivity contribution >= 4 is 11.8 Å². The van der Waals surface area contributed by atoms with Crippen molar-refractivity contribution < 1.29 is 14.3 Å². The Bertz CT molecular complexity index is 322. The van der Waals surface area contributed by atoms with Crippen LogP contribution < -0.4 is 11.1 Å². The van der Waals surface area contributed by atoms with Crippen LogP contribution in [0.5, 0.6) is 0 Å². The molecule has 1 aliphatic carbocycles. The normalized spacial score (nSPS) is 24.0. The van der Waals surface area contributed by atoms with Gasteiger partial charge in [-0.3, -0.25) is 9.59 Å². The highest BCUT2D eigenvalue weighted by Crippen LogP contribution is 2.32. The van der Waals surface area contributed by atoms with Gasteiger partial charge in [-0.2, -0.15) is 0 Å². The molecule has 0 bridgehead atoms. The van der Waals surface area contributed by atoms with Crippen LogP contribution in [0.15, 0.2) is 0 Å². The molecular formula is C11H19N3O3. The molecule has 1 saturated heterocycles. The number of nitrogens with two attached hydrogens (primary N) is 1. The predicted molar refractivity (Wildman–Crippen MR) is 61.2 cm³/mol. The van der Waals surface area contributed by atoms with Crippen molar-refractivity contribution in [3.05, 3.63) is 0 Å². The molecule has 2 fully saturated rings. The predicted octanol–water partition coefficient (Wildman–Crippen LogP) is -1.16. The maximum atomic E-state index is 12.0. The van der Waals surface area contributed by atoms with E-state index in [0.717, 1.165) is 0 Å². The maximum Gasteiger partial charge on any atom is 0.245 e. The minimum absolute atomic E-state index is 0.0640. The number of nitrogens with zero attached hydrogens (tertiary/aromatic N) is 1. The molecule has 6 nitrogen and oxygen atoms in total. The third kappa shape index (κ3) is 2.76. The number of rotatable bonds is 3. The van der Waals surface area contributed by atoms with Gasteiger partial charge in [-0.15, -0.1) is 0 Å². The third-order valence-corrected chi connectivity index (χ3v) is 3.28. The lowest BCUT2D eigenvalue weighted by atomic mass is 10.2. The van der Waals surface area contributed by atoms with Crippen LogP contribution >= 0.6 is 0 Å². The van der Waals surface area contributed by atoms with Gasteiger partial charge in [0.05, 0.1) is 18.8 Å². The fourth-order valence-electron chi connectivity index (χ4n) is 1.82. The van der Waals surface area contributed by atoms with Gasteiger partial charge in [0.2, 0.25) is 11.8 Å². The number of nitrogens with one attached hydrogen (secondary N) is 1. The smallest absolute Gasteiger partial charge is 0.245 e. The third-order valence-electron chi connectivity index (χ3n) is 3.28. The molecule has 2 amide bonds. The zero-order chi connectivity index (χ0) is 12.5. The van der Waals surface area contributed by atoms with Crippen molar-refractivity contribution in [3.8, 4) is 0 Å². The second-order valence-electron chi connectivity index (χ2n) is 4.79. The van der Waals surface area contributed by atoms with Crippen molar-refractivity contribution in [3.63, 3.8) is 0 Å². The summed E-state index contributed by atoms with van der Waals surface area (Å²) < 4.78 is 5.17. The number of carbonyl (C=O) groups is 2. The zero-order valence-corrected chi connectivity index (χ0v) is 10.1. The summed E-state index contributed by atoms with van der Waals surface area (Å²) in [4.78, 5) is 25.4. The van der Waals surface area contributed by atoms with Crippen molar-refractivity contribution in [1.82, 2.24) is 10.2 Å². The molecule has 1 aliphatic heterocycles. The quantitative estimate of drug-likeness (QED) is 0.653. The molecule has 0 radical (unpaired) electrons. The maximum absolute atomic E-state index is 12.0. The Balaban J connectivity index is 1.84. The van der Waals surface area contributed by atoms with Gasteiger partial charge in [0, 0.05) is 13.1 Å². The highest BCUT2D eigenvalue weighted by molar-refractivity contribution is 5.93. The average molecular weight is 241 g/mol. The van der Waals surface area contributed by atoms with E-state index in [-0.39, 0.29) is 11.8 Å². The molecule has 0 aromatic rings. The molecule has 6 heteroatoms. The van der Waals surface area contributed by atoms with Crippen LogP contribution in [0.2, 0.25) is 0 Å². The van der Waals surface area contributed by atoms with Gasteiger partial charge in [0.25, 0.3) is 0 Å². The Kier molecular flexibility index (Phi) is 3.35. The van der Waals surface area contributed by atoms with Gasteiger partial charge >= 0.3 is 0 Å². The van der Waals surface area contributed by atoms with Gasteiger partial charge in [0.15, 0.2) is 0 Å².